The van der Waals surface area contributed by atoms with Gasteiger partial charge in [0.05, 0.1) is 10.5 Å². The molecule has 2 aromatic carbocycles. The second-order valence-corrected chi connectivity index (χ2v) is 9.20. The number of anilines is 1. The van der Waals surface area contributed by atoms with Crippen LogP contribution in [-0.4, -0.2) is 41.8 Å². The third-order valence-electron chi connectivity index (χ3n) is 3.98. The highest BCUT2D eigenvalue weighted by Crippen LogP contribution is 2.18. The molecule has 0 bridgehead atoms. The van der Waals surface area contributed by atoms with Crippen molar-refractivity contribution in [3.05, 3.63) is 70.7 Å². The van der Waals surface area contributed by atoms with Gasteiger partial charge in [-0.2, -0.15) is 5.10 Å². The average molecular weight is 459 g/mol. The number of para-hydroxylation sites is 1. The van der Waals surface area contributed by atoms with Crippen LogP contribution < -0.4 is 10.7 Å². The summed E-state index contributed by atoms with van der Waals surface area (Å²) >= 11 is 1.17. The van der Waals surface area contributed by atoms with Gasteiger partial charge in [-0.25, -0.2) is 18.8 Å². The van der Waals surface area contributed by atoms with Crippen molar-refractivity contribution in [2.24, 2.45) is 5.10 Å². The molecule has 0 fully saturated rings. The molecule has 31 heavy (non-hydrogen) atoms. The molecule has 160 valence electrons. The molecule has 0 atom stereocenters. The van der Waals surface area contributed by atoms with Gasteiger partial charge < -0.3 is 10.4 Å². The summed E-state index contributed by atoms with van der Waals surface area (Å²) in [5.41, 5.74) is 2.79. The van der Waals surface area contributed by atoms with E-state index in [2.05, 4.69) is 20.8 Å². The average Bonchev–Trinajstić information content (AvgIpc) is 3.26. The number of aromatic hydroxyl groups is 1. The topological polar surface area (TPSA) is 138 Å². The van der Waals surface area contributed by atoms with Crippen LogP contribution >= 0.6 is 11.3 Å². The Labute approximate surface area is 182 Å². The monoisotopic (exact) mass is 458 g/mol. The van der Waals surface area contributed by atoms with Crippen molar-refractivity contribution in [2.75, 3.05) is 11.1 Å². The highest BCUT2D eigenvalue weighted by atomic mass is 32.2. The van der Waals surface area contributed by atoms with E-state index in [9.17, 15) is 23.1 Å². The second-order valence-electron chi connectivity index (χ2n) is 6.32. The van der Waals surface area contributed by atoms with Gasteiger partial charge in [-0.05, 0) is 36.4 Å². The second kappa shape index (κ2) is 9.49. The Morgan fingerprint density at radius 2 is 1.84 bits per heavy atom. The van der Waals surface area contributed by atoms with Crippen LogP contribution in [0.15, 0.2) is 70.1 Å². The molecule has 0 saturated heterocycles. The fourth-order valence-corrected chi connectivity index (χ4v) is 4.56. The number of nitrogens with zero attached hydrogens (tertiary/aromatic N) is 2. The normalized spacial score (nSPS) is 11.7. The Morgan fingerprint density at radius 3 is 2.45 bits per heavy atom. The lowest BCUT2D eigenvalue weighted by Gasteiger charge is -2.08. The lowest BCUT2D eigenvalue weighted by Crippen LogP contribution is -2.24. The Hall–Kier alpha value is -3.57. The van der Waals surface area contributed by atoms with E-state index in [0.717, 1.165) is 0 Å². The zero-order valence-electron chi connectivity index (χ0n) is 16.3. The number of phenols is 1. The molecule has 3 aromatic rings. The van der Waals surface area contributed by atoms with Gasteiger partial charge in [0.25, 0.3) is 5.91 Å². The first-order chi connectivity index (χ1) is 14.8. The fraction of sp³-hybridized carbons (Fsp3) is 0.100. The maximum Gasteiger partial charge on any atom is 0.275 e. The molecule has 0 aliphatic rings. The summed E-state index contributed by atoms with van der Waals surface area (Å²) in [6.45, 7) is 1.35. The SMILES string of the molecule is CC(=O)Nc1ccc(S(=O)(=O)C/C(=N/NC(=O)c2ccccc2O)c2nccs2)cc1. The molecule has 0 aliphatic carbocycles. The van der Waals surface area contributed by atoms with Gasteiger partial charge in [0.2, 0.25) is 5.91 Å². The fourth-order valence-electron chi connectivity index (χ4n) is 2.56. The molecule has 3 rings (SSSR count). The third-order valence-corrected chi connectivity index (χ3v) is 6.45. The van der Waals surface area contributed by atoms with Crippen LogP contribution in [0.5, 0.6) is 5.75 Å². The van der Waals surface area contributed by atoms with Crippen LogP contribution in [0.4, 0.5) is 5.69 Å². The molecule has 3 N–H and O–H groups in total. The number of hydrogen-bond donors (Lipinski definition) is 3. The first kappa shape index (κ1) is 22.1. The Morgan fingerprint density at radius 1 is 1.13 bits per heavy atom. The minimum Gasteiger partial charge on any atom is -0.507 e. The predicted molar refractivity (Wildman–Crippen MR) is 117 cm³/mol. The number of thiazole rings is 1. The van der Waals surface area contributed by atoms with Gasteiger partial charge in [0.1, 0.15) is 22.2 Å². The molecule has 1 heterocycles. The van der Waals surface area contributed by atoms with E-state index in [-0.39, 0.29) is 27.8 Å². The van der Waals surface area contributed by atoms with E-state index in [1.54, 1.807) is 17.5 Å². The summed E-state index contributed by atoms with van der Waals surface area (Å²) < 4.78 is 25.8. The minimum atomic E-state index is -3.83. The molecule has 11 heteroatoms. The number of amides is 2. The van der Waals surface area contributed by atoms with E-state index in [0.29, 0.717) is 10.7 Å². The number of hydrogen-bond acceptors (Lipinski definition) is 8. The number of rotatable bonds is 7. The van der Waals surface area contributed by atoms with E-state index < -0.39 is 21.5 Å². The van der Waals surface area contributed by atoms with Gasteiger partial charge in [-0.15, -0.1) is 11.3 Å². The van der Waals surface area contributed by atoms with Gasteiger partial charge in [0.15, 0.2) is 9.84 Å². The lowest BCUT2D eigenvalue weighted by atomic mass is 10.2. The number of phenolic OH excluding ortho intramolecular Hbond substituents is 1. The first-order valence-electron chi connectivity index (χ1n) is 8.91. The molecule has 0 spiro atoms. The van der Waals surface area contributed by atoms with Gasteiger partial charge >= 0.3 is 0 Å². The number of benzene rings is 2. The number of hydrazone groups is 1. The summed E-state index contributed by atoms with van der Waals surface area (Å²) in [7, 11) is -3.83. The van der Waals surface area contributed by atoms with Crippen molar-refractivity contribution < 1.29 is 23.1 Å². The maximum absolute atomic E-state index is 12.9. The number of carbonyl (C=O) groups is 2. The van der Waals surface area contributed by atoms with Crippen molar-refractivity contribution in [2.45, 2.75) is 11.8 Å². The standard InChI is InChI=1S/C20H18N4O5S2/c1-13(25)22-14-6-8-15(9-7-14)31(28,29)12-17(20-21-10-11-30-20)23-24-19(27)16-4-2-3-5-18(16)26/h2-11,26H,12H2,1H3,(H,22,25)(H,24,27)/b23-17-. The smallest absolute Gasteiger partial charge is 0.275 e. The van der Waals surface area contributed by atoms with E-state index in [4.69, 9.17) is 0 Å². The minimum absolute atomic E-state index is 0.00107. The molecule has 0 aliphatic heterocycles. The van der Waals surface area contributed by atoms with E-state index >= 15 is 0 Å². The largest absolute Gasteiger partial charge is 0.507 e. The Bertz CT molecular complexity index is 1220. The number of carbonyl (C=O) groups excluding carboxylic acids is 2. The third kappa shape index (κ3) is 5.74. The molecule has 2 amide bonds. The molecule has 0 unspecified atom stereocenters. The maximum atomic E-state index is 12.9. The highest BCUT2D eigenvalue weighted by Gasteiger charge is 2.21. The quantitative estimate of drug-likeness (QED) is 0.367. The zero-order chi connectivity index (χ0) is 22.4. The van der Waals surface area contributed by atoms with Crippen LogP contribution in [0.25, 0.3) is 0 Å². The van der Waals surface area contributed by atoms with Crippen molar-refractivity contribution in [1.82, 2.24) is 10.4 Å². The molecule has 1 aromatic heterocycles. The molecular formula is C20H18N4O5S2. The summed E-state index contributed by atoms with van der Waals surface area (Å²) in [5.74, 6) is -1.70. The molecule has 0 radical (unpaired) electrons. The van der Waals surface area contributed by atoms with Crippen molar-refractivity contribution in [1.29, 1.82) is 0 Å². The number of aromatic nitrogens is 1. The summed E-state index contributed by atoms with van der Waals surface area (Å²) in [4.78, 5) is 27.6. The predicted octanol–water partition coefficient (Wildman–Crippen LogP) is 2.42. The molecular weight excluding hydrogens is 440 g/mol. The van der Waals surface area contributed by atoms with Gasteiger partial charge in [0, 0.05) is 24.2 Å². The van der Waals surface area contributed by atoms with Crippen LogP contribution in [0.2, 0.25) is 0 Å². The summed E-state index contributed by atoms with van der Waals surface area (Å²) in [6.07, 6.45) is 1.50. The van der Waals surface area contributed by atoms with E-state index in [1.807, 2.05) is 0 Å². The highest BCUT2D eigenvalue weighted by molar-refractivity contribution is 7.92. The van der Waals surface area contributed by atoms with Crippen molar-refractivity contribution >= 4 is 44.4 Å². The first-order valence-corrected chi connectivity index (χ1v) is 11.4. The Kier molecular flexibility index (Phi) is 6.78. The van der Waals surface area contributed by atoms with Crippen LogP contribution in [-0.2, 0) is 14.6 Å². The number of sulfone groups is 1. The molecule has 0 saturated carbocycles. The van der Waals surface area contributed by atoms with Gasteiger partial charge in [-0.3, -0.25) is 9.59 Å². The summed E-state index contributed by atoms with van der Waals surface area (Å²) in [5, 5.41) is 18.3. The van der Waals surface area contributed by atoms with Crippen molar-refractivity contribution in [3.63, 3.8) is 0 Å². The van der Waals surface area contributed by atoms with Crippen LogP contribution in [0.1, 0.15) is 22.3 Å². The zero-order valence-corrected chi connectivity index (χ0v) is 17.9. The van der Waals surface area contributed by atoms with Gasteiger partial charge in [-0.1, -0.05) is 12.1 Å². The van der Waals surface area contributed by atoms with E-state index in [1.165, 1.54) is 60.9 Å². The summed E-state index contributed by atoms with van der Waals surface area (Å²) in [6, 6.07) is 11.6. The van der Waals surface area contributed by atoms with Crippen LogP contribution in [0, 0.1) is 0 Å². The number of nitrogens with one attached hydrogen (secondary N) is 2. The lowest BCUT2D eigenvalue weighted by molar-refractivity contribution is -0.114. The Balaban J connectivity index is 1.84. The molecule has 9 nitrogen and oxygen atoms in total. The van der Waals surface area contributed by atoms with Crippen LogP contribution in [0.3, 0.4) is 0 Å². The van der Waals surface area contributed by atoms with Crippen molar-refractivity contribution in [3.8, 4) is 5.75 Å².